The first-order valence-electron chi connectivity index (χ1n) is 5.45. The van der Waals surface area contributed by atoms with Crippen LogP contribution in [0.25, 0.3) is 0 Å². The summed E-state index contributed by atoms with van der Waals surface area (Å²) in [5.41, 5.74) is 7.74. The SMILES string of the molecule is CC1C=CC(C(=O)c2ccc(N)cc2)=CC1. The Bertz CT molecular complexity index is 454. The molecule has 16 heavy (non-hydrogen) atoms. The predicted octanol–water partition coefficient (Wildman–Crippen LogP) is 2.97. The molecule has 0 radical (unpaired) electrons. The zero-order chi connectivity index (χ0) is 11.5. The Labute approximate surface area is 95.5 Å². The number of hydrogen-bond donors (Lipinski definition) is 1. The lowest BCUT2D eigenvalue weighted by atomic mass is 9.94. The summed E-state index contributed by atoms with van der Waals surface area (Å²) in [6.07, 6.45) is 6.92. The molecule has 1 aromatic carbocycles. The molecule has 2 nitrogen and oxygen atoms in total. The summed E-state index contributed by atoms with van der Waals surface area (Å²) < 4.78 is 0. The van der Waals surface area contributed by atoms with Gasteiger partial charge in [-0.25, -0.2) is 0 Å². The molecule has 0 saturated heterocycles. The van der Waals surface area contributed by atoms with Gasteiger partial charge in [0.1, 0.15) is 0 Å². The number of nitrogen functional groups attached to an aromatic ring is 1. The number of allylic oxidation sites excluding steroid dienone is 4. The third-order valence-electron chi connectivity index (χ3n) is 2.75. The minimum absolute atomic E-state index is 0.0724. The second kappa shape index (κ2) is 4.35. The van der Waals surface area contributed by atoms with E-state index >= 15 is 0 Å². The van der Waals surface area contributed by atoms with Crippen LogP contribution in [0.2, 0.25) is 0 Å². The number of anilines is 1. The number of benzene rings is 1. The average molecular weight is 213 g/mol. The molecule has 0 fully saturated rings. The van der Waals surface area contributed by atoms with Crippen molar-refractivity contribution >= 4 is 11.5 Å². The summed E-state index contributed by atoms with van der Waals surface area (Å²) in [7, 11) is 0. The molecule has 82 valence electrons. The van der Waals surface area contributed by atoms with E-state index in [0.29, 0.717) is 17.2 Å². The Kier molecular flexibility index (Phi) is 2.91. The van der Waals surface area contributed by atoms with Crippen LogP contribution < -0.4 is 5.73 Å². The summed E-state index contributed by atoms with van der Waals surface area (Å²) in [5, 5.41) is 0. The summed E-state index contributed by atoms with van der Waals surface area (Å²) in [6.45, 7) is 2.14. The van der Waals surface area contributed by atoms with Crippen LogP contribution in [0, 0.1) is 5.92 Å². The number of rotatable bonds is 2. The number of nitrogens with two attached hydrogens (primary N) is 1. The number of ketones is 1. The van der Waals surface area contributed by atoms with Crippen LogP contribution in [-0.2, 0) is 0 Å². The average Bonchev–Trinajstić information content (AvgIpc) is 2.30. The molecule has 0 spiro atoms. The molecule has 1 aromatic rings. The van der Waals surface area contributed by atoms with E-state index in [0.717, 1.165) is 12.0 Å². The van der Waals surface area contributed by atoms with Gasteiger partial charge < -0.3 is 5.73 Å². The summed E-state index contributed by atoms with van der Waals surface area (Å²) in [5.74, 6) is 0.603. The van der Waals surface area contributed by atoms with Gasteiger partial charge in [-0.3, -0.25) is 4.79 Å². The molecular formula is C14H15NO. The predicted molar refractivity (Wildman–Crippen MR) is 66.2 cm³/mol. The monoisotopic (exact) mass is 213 g/mol. The quantitative estimate of drug-likeness (QED) is 0.606. The van der Waals surface area contributed by atoms with Crippen molar-refractivity contribution in [2.45, 2.75) is 13.3 Å². The fourth-order valence-electron chi connectivity index (χ4n) is 1.70. The Morgan fingerprint density at radius 2 is 2.00 bits per heavy atom. The van der Waals surface area contributed by atoms with Crippen LogP contribution in [0.5, 0.6) is 0 Å². The molecule has 0 heterocycles. The van der Waals surface area contributed by atoms with Gasteiger partial charge in [0.25, 0.3) is 0 Å². The van der Waals surface area contributed by atoms with Gasteiger partial charge in [-0.2, -0.15) is 0 Å². The zero-order valence-electron chi connectivity index (χ0n) is 9.31. The minimum atomic E-state index is 0.0724. The molecule has 0 aliphatic heterocycles. The highest BCUT2D eigenvalue weighted by Gasteiger charge is 2.12. The first-order chi connectivity index (χ1) is 7.66. The number of carbonyl (C=O) groups is 1. The van der Waals surface area contributed by atoms with Crippen LogP contribution in [0.15, 0.2) is 48.1 Å². The highest BCUT2D eigenvalue weighted by Crippen LogP contribution is 2.19. The lowest BCUT2D eigenvalue weighted by Gasteiger charge is -2.10. The zero-order valence-corrected chi connectivity index (χ0v) is 9.31. The molecule has 2 N–H and O–H groups in total. The van der Waals surface area contributed by atoms with E-state index in [4.69, 9.17) is 5.73 Å². The van der Waals surface area contributed by atoms with E-state index < -0.39 is 0 Å². The molecule has 0 aromatic heterocycles. The molecule has 1 atom stereocenters. The van der Waals surface area contributed by atoms with Gasteiger partial charge in [-0.1, -0.05) is 25.2 Å². The topological polar surface area (TPSA) is 43.1 Å². The van der Waals surface area contributed by atoms with Crippen LogP contribution in [0.4, 0.5) is 5.69 Å². The summed E-state index contributed by atoms with van der Waals surface area (Å²) in [4.78, 5) is 12.1. The second-order valence-electron chi connectivity index (χ2n) is 4.18. The first kappa shape index (κ1) is 10.7. The molecule has 2 rings (SSSR count). The van der Waals surface area contributed by atoms with Gasteiger partial charge in [0.15, 0.2) is 5.78 Å². The molecule has 1 unspecified atom stereocenters. The van der Waals surface area contributed by atoms with Crippen molar-refractivity contribution in [3.05, 3.63) is 53.6 Å². The summed E-state index contributed by atoms with van der Waals surface area (Å²) >= 11 is 0. The Hall–Kier alpha value is -1.83. The van der Waals surface area contributed by atoms with Gasteiger partial charge in [0.05, 0.1) is 0 Å². The largest absolute Gasteiger partial charge is 0.399 e. The first-order valence-corrected chi connectivity index (χ1v) is 5.45. The van der Waals surface area contributed by atoms with Gasteiger partial charge in [-0.05, 0) is 36.6 Å². The number of hydrogen-bond acceptors (Lipinski definition) is 2. The van der Waals surface area contributed by atoms with Crippen LogP contribution in [0.3, 0.4) is 0 Å². The molecular weight excluding hydrogens is 198 g/mol. The van der Waals surface area contributed by atoms with Crippen molar-refractivity contribution in [2.75, 3.05) is 5.73 Å². The molecule has 1 aliphatic carbocycles. The van der Waals surface area contributed by atoms with E-state index in [1.165, 1.54) is 0 Å². The molecule has 0 bridgehead atoms. The maximum atomic E-state index is 12.1. The van der Waals surface area contributed by atoms with Gasteiger partial charge in [0, 0.05) is 16.8 Å². The van der Waals surface area contributed by atoms with Crippen molar-refractivity contribution in [2.24, 2.45) is 5.92 Å². The molecule has 1 aliphatic rings. The van der Waals surface area contributed by atoms with E-state index in [9.17, 15) is 4.79 Å². The van der Waals surface area contributed by atoms with Crippen molar-refractivity contribution in [1.82, 2.24) is 0 Å². The standard InChI is InChI=1S/C14H15NO/c1-10-2-4-11(5-3-10)14(16)12-6-8-13(15)9-7-12/h2,4-10H,3,15H2,1H3. The van der Waals surface area contributed by atoms with Crippen molar-refractivity contribution in [3.63, 3.8) is 0 Å². The highest BCUT2D eigenvalue weighted by molar-refractivity contribution is 6.10. The Morgan fingerprint density at radius 1 is 1.31 bits per heavy atom. The smallest absolute Gasteiger partial charge is 0.192 e. The third kappa shape index (κ3) is 2.22. The lowest BCUT2D eigenvalue weighted by molar-refractivity contribution is 0.103. The molecule has 2 heteroatoms. The van der Waals surface area contributed by atoms with Crippen LogP contribution in [0.1, 0.15) is 23.7 Å². The van der Waals surface area contributed by atoms with Crippen LogP contribution >= 0.6 is 0 Å². The van der Waals surface area contributed by atoms with E-state index in [1.807, 2.05) is 12.2 Å². The fraction of sp³-hybridized carbons (Fsp3) is 0.214. The van der Waals surface area contributed by atoms with E-state index in [1.54, 1.807) is 24.3 Å². The van der Waals surface area contributed by atoms with Gasteiger partial charge >= 0.3 is 0 Å². The summed E-state index contributed by atoms with van der Waals surface area (Å²) in [6, 6.07) is 7.04. The minimum Gasteiger partial charge on any atom is -0.399 e. The lowest BCUT2D eigenvalue weighted by Crippen LogP contribution is -2.05. The second-order valence-corrected chi connectivity index (χ2v) is 4.18. The van der Waals surface area contributed by atoms with Crippen molar-refractivity contribution in [1.29, 1.82) is 0 Å². The van der Waals surface area contributed by atoms with Crippen molar-refractivity contribution in [3.8, 4) is 0 Å². The fourth-order valence-corrected chi connectivity index (χ4v) is 1.70. The normalized spacial score (nSPS) is 19.3. The van der Waals surface area contributed by atoms with Crippen molar-refractivity contribution < 1.29 is 4.79 Å². The van der Waals surface area contributed by atoms with E-state index in [2.05, 4.69) is 13.0 Å². The maximum absolute atomic E-state index is 12.1. The molecule has 0 saturated carbocycles. The molecule has 0 amide bonds. The third-order valence-corrected chi connectivity index (χ3v) is 2.75. The van der Waals surface area contributed by atoms with Crippen LogP contribution in [-0.4, -0.2) is 5.78 Å². The van der Waals surface area contributed by atoms with Gasteiger partial charge in [-0.15, -0.1) is 0 Å². The Balaban J connectivity index is 2.20. The Morgan fingerprint density at radius 3 is 2.56 bits per heavy atom. The highest BCUT2D eigenvalue weighted by atomic mass is 16.1. The van der Waals surface area contributed by atoms with Gasteiger partial charge in [0.2, 0.25) is 0 Å². The number of carbonyl (C=O) groups excluding carboxylic acids is 1. The van der Waals surface area contributed by atoms with E-state index in [-0.39, 0.29) is 5.78 Å². The maximum Gasteiger partial charge on any atom is 0.192 e. The number of Topliss-reactive ketones (excluding diaryl/α,β-unsaturated/α-hetero) is 1.